The second kappa shape index (κ2) is 12.0. The number of carbonyl (C=O) groups excluding carboxylic acids is 3. The number of nitrogens with zero attached hydrogens (tertiary/aromatic N) is 1. The van der Waals surface area contributed by atoms with Gasteiger partial charge in [-0.15, -0.1) is 0 Å². The zero-order valence-corrected chi connectivity index (χ0v) is 15.7. The van der Waals surface area contributed by atoms with Gasteiger partial charge in [0, 0.05) is 37.2 Å². The minimum atomic E-state index is -2.86. The molecule has 0 spiro atoms. The third kappa shape index (κ3) is 17.1. The van der Waals surface area contributed by atoms with Gasteiger partial charge in [0.1, 0.15) is 12.6 Å². The molecule has 0 fully saturated rings. The Morgan fingerprint density at radius 2 is 1.32 bits per heavy atom. The summed E-state index contributed by atoms with van der Waals surface area (Å²) < 4.78 is 0.550. The number of likely N-dealkylation sites (N-methyl/N-ethyl adjacent to an activating group) is 1. The van der Waals surface area contributed by atoms with Crippen LogP contribution in [0, 0.1) is 0 Å². The van der Waals surface area contributed by atoms with Gasteiger partial charge in [-0.2, -0.15) is 0 Å². The maximum Gasteiger partial charge on any atom is 2.00 e. The molecule has 0 radical (unpaired) electrons. The van der Waals surface area contributed by atoms with Crippen LogP contribution in [0.25, 0.3) is 0 Å². The predicted octanol–water partition coefficient (Wildman–Crippen LogP) is -6.11. The maximum atomic E-state index is 10.3. The van der Waals surface area contributed by atoms with E-state index in [2.05, 4.69) is 0 Å². The molecular formula is C13H21MgNO10. The van der Waals surface area contributed by atoms with E-state index in [-0.39, 0.29) is 29.5 Å². The van der Waals surface area contributed by atoms with Gasteiger partial charge >= 0.3 is 29.0 Å². The van der Waals surface area contributed by atoms with Crippen LogP contribution in [0.2, 0.25) is 0 Å². The van der Waals surface area contributed by atoms with Gasteiger partial charge in [-0.25, -0.2) is 4.79 Å². The fraction of sp³-hybridized carbons (Fsp3) is 0.692. The van der Waals surface area contributed by atoms with E-state index in [0.29, 0.717) is 11.0 Å². The maximum absolute atomic E-state index is 10.3. The molecule has 3 N–H and O–H groups in total. The number of carboxylic acid groups (broad SMARTS) is 4. The van der Waals surface area contributed by atoms with Crippen molar-refractivity contribution in [2.45, 2.75) is 31.0 Å². The quantitative estimate of drug-likeness (QED) is 0.257. The Hall–Kier alpha value is -1.47. The van der Waals surface area contributed by atoms with Gasteiger partial charge in [0.25, 0.3) is 0 Å². The average Bonchev–Trinajstić information content (AvgIpc) is 2.22. The first-order valence-electron chi connectivity index (χ1n) is 6.63. The number of aliphatic carboxylic acids is 4. The van der Waals surface area contributed by atoms with Gasteiger partial charge in [0.15, 0.2) is 5.60 Å². The van der Waals surface area contributed by atoms with Crippen LogP contribution in [0.3, 0.4) is 0 Å². The second-order valence-corrected chi connectivity index (χ2v) is 6.14. The molecule has 0 aliphatic carbocycles. The van der Waals surface area contributed by atoms with Crippen molar-refractivity contribution in [2.24, 2.45) is 0 Å². The monoisotopic (exact) mass is 375 g/mol. The van der Waals surface area contributed by atoms with Crippen molar-refractivity contribution in [3.8, 4) is 0 Å². The fourth-order valence-corrected chi connectivity index (χ4v) is 1.58. The van der Waals surface area contributed by atoms with Crippen LogP contribution in [0.5, 0.6) is 0 Å². The SMILES string of the molecule is C[N+](C)(C)C[C@@H](O)CC(=O)[O-].O=C([O-])CC(O)(CC(=O)[O-])C(=O)O.[Mg+2]. The van der Waals surface area contributed by atoms with E-state index < -0.39 is 48.4 Å². The van der Waals surface area contributed by atoms with E-state index in [9.17, 15) is 34.5 Å². The van der Waals surface area contributed by atoms with Crippen molar-refractivity contribution < 1.29 is 54.3 Å². The van der Waals surface area contributed by atoms with Crippen molar-refractivity contribution in [1.82, 2.24) is 0 Å². The summed E-state index contributed by atoms with van der Waals surface area (Å²) in [5, 5.41) is 56.3. The van der Waals surface area contributed by atoms with Crippen LogP contribution in [0.1, 0.15) is 19.3 Å². The molecule has 0 aliphatic rings. The van der Waals surface area contributed by atoms with Gasteiger partial charge in [0.05, 0.1) is 21.1 Å². The van der Waals surface area contributed by atoms with Gasteiger partial charge < -0.3 is 49.5 Å². The largest absolute Gasteiger partial charge is 2.00 e. The number of carboxylic acids is 4. The van der Waals surface area contributed by atoms with E-state index in [1.54, 1.807) is 0 Å². The number of carbonyl (C=O) groups is 4. The minimum absolute atomic E-state index is 0. The van der Waals surface area contributed by atoms with E-state index in [4.69, 9.17) is 15.3 Å². The van der Waals surface area contributed by atoms with Crippen LogP contribution >= 0.6 is 0 Å². The average molecular weight is 376 g/mol. The minimum Gasteiger partial charge on any atom is -0.550 e. The Kier molecular flexibility index (Phi) is 13.6. The standard InChI is InChI=1S/C7H15NO3.C6H8O7.Mg/c1-8(2,3)5-6(9)4-7(10)11;7-3(8)1-6(13,5(11)12)2-4(9)10;/h6,9H,4-5H2,1-3H3;13H,1-2H2,(H,7,8)(H,9,10)(H,11,12);/q;;+2/p-2/t6-;;/m0../s1. The first kappa shape index (κ1) is 28.3. The predicted molar refractivity (Wildman–Crippen MR) is 76.1 cm³/mol. The Balaban J connectivity index is -0.000000377. The summed E-state index contributed by atoms with van der Waals surface area (Å²) in [7, 11) is 5.66. The summed E-state index contributed by atoms with van der Waals surface area (Å²) in [5.74, 6) is -6.86. The fourth-order valence-electron chi connectivity index (χ4n) is 1.58. The molecule has 0 amide bonds. The van der Waals surface area contributed by atoms with Crippen molar-refractivity contribution in [2.75, 3.05) is 27.7 Å². The van der Waals surface area contributed by atoms with Gasteiger partial charge in [-0.1, -0.05) is 0 Å². The first-order valence-corrected chi connectivity index (χ1v) is 6.63. The van der Waals surface area contributed by atoms with Gasteiger partial charge in [-0.05, 0) is 0 Å². The number of rotatable bonds is 9. The number of aliphatic hydroxyl groups excluding tert-OH is 1. The molecular weight excluding hydrogens is 354 g/mol. The van der Waals surface area contributed by atoms with Crippen molar-refractivity contribution in [3.63, 3.8) is 0 Å². The number of hydrogen-bond donors (Lipinski definition) is 3. The van der Waals surface area contributed by atoms with Crippen LogP contribution < -0.4 is 15.3 Å². The van der Waals surface area contributed by atoms with Crippen molar-refractivity contribution in [3.05, 3.63) is 0 Å². The summed E-state index contributed by atoms with van der Waals surface area (Å²) in [5.41, 5.74) is -2.86. The van der Waals surface area contributed by atoms with Crippen molar-refractivity contribution >= 4 is 46.9 Å². The van der Waals surface area contributed by atoms with Crippen molar-refractivity contribution in [1.29, 1.82) is 0 Å². The molecule has 0 aliphatic heterocycles. The number of quaternary nitrogens is 1. The smallest absolute Gasteiger partial charge is 0.550 e. The van der Waals surface area contributed by atoms with E-state index in [1.165, 1.54) is 0 Å². The summed E-state index contributed by atoms with van der Waals surface area (Å²) in [4.78, 5) is 40.2. The number of aliphatic hydroxyl groups is 2. The third-order valence-electron chi connectivity index (χ3n) is 2.43. The zero-order valence-electron chi connectivity index (χ0n) is 14.3. The molecule has 0 saturated carbocycles. The third-order valence-corrected chi connectivity index (χ3v) is 2.43. The van der Waals surface area contributed by atoms with Gasteiger partial charge in [-0.3, -0.25) is 0 Å². The Morgan fingerprint density at radius 3 is 1.52 bits per heavy atom. The molecule has 11 nitrogen and oxygen atoms in total. The van der Waals surface area contributed by atoms with E-state index >= 15 is 0 Å². The Morgan fingerprint density at radius 1 is 0.960 bits per heavy atom. The Bertz CT molecular complexity index is 458. The first-order chi connectivity index (χ1) is 10.6. The van der Waals surface area contributed by atoms with Crippen LogP contribution in [0.15, 0.2) is 0 Å². The summed E-state index contributed by atoms with van der Waals surface area (Å²) in [6, 6.07) is 0. The summed E-state index contributed by atoms with van der Waals surface area (Å²) in [6.45, 7) is 0.425. The molecule has 0 heterocycles. The van der Waals surface area contributed by atoms with Gasteiger partial charge in [0.2, 0.25) is 0 Å². The zero-order chi connectivity index (χ0) is 19.7. The topological polar surface area (TPSA) is 198 Å². The molecule has 12 heteroatoms. The molecule has 0 bridgehead atoms. The summed E-state index contributed by atoms with van der Waals surface area (Å²) in [6.07, 6.45) is -3.68. The van der Waals surface area contributed by atoms with E-state index in [0.717, 1.165) is 0 Å². The molecule has 0 aromatic rings. The molecule has 0 saturated heterocycles. The molecule has 0 aromatic heterocycles. The molecule has 0 aromatic carbocycles. The van der Waals surface area contributed by atoms with E-state index in [1.807, 2.05) is 21.1 Å². The van der Waals surface area contributed by atoms with Crippen LogP contribution in [0.4, 0.5) is 0 Å². The normalized spacial score (nSPS) is 12.0. The molecule has 25 heavy (non-hydrogen) atoms. The molecule has 140 valence electrons. The van der Waals surface area contributed by atoms with Crippen LogP contribution in [-0.4, -0.2) is 106 Å². The Labute approximate surface area is 160 Å². The number of hydrogen-bond acceptors (Lipinski definition) is 9. The van der Waals surface area contributed by atoms with Crippen LogP contribution in [-0.2, 0) is 19.2 Å². The molecule has 1 atom stereocenters. The molecule has 0 unspecified atom stereocenters. The second-order valence-electron chi connectivity index (χ2n) is 6.14. The summed E-state index contributed by atoms with van der Waals surface area (Å²) >= 11 is 0. The molecule has 0 rings (SSSR count).